The molecular weight excluding hydrogens is 342 g/mol. The van der Waals surface area contributed by atoms with Crippen molar-refractivity contribution in [3.63, 3.8) is 0 Å². The van der Waals surface area contributed by atoms with Gasteiger partial charge in [0.15, 0.2) is 0 Å². The number of hydrogen-bond acceptors (Lipinski definition) is 4. The summed E-state index contributed by atoms with van der Waals surface area (Å²) >= 11 is 0. The van der Waals surface area contributed by atoms with Crippen molar-refractivity contribution in [2.24, 2.45) is 0 Å². The van der Waals surface area contributed by atoms with Gasteiger partial charge in [0, 0.05) is 13.5 Å². The van der Waals surface area contributed by atoms with Gasteiger partial charge in [0.1, 0.15) is 6.04 Å². The number of hydrogen-bond donors (Lipinski definition) is 1. The Morgan fingerprint density at radius 2 is 2.00 bits per heavy atom. The molecule has 1 aromatic carbocycles. The van der Waals surface area contributed by atoms with Crippen molar-refractivity contribution in [3.8, 4) is 0 Å². The van der Waals surface area contributed by atoms with E-state index in [4.69, 9.17) is 0 Å². The standard InChI is InChI=1S/C20H27N5O2/c1-14-7-5-6-8-18(14)19(23(3)4)20(27)24-9-10-25-17(13-24)11-16(22-25)12-21-15(2)26/h5-8,11,19H,9-10,12-13H2,1-4H3,(H,21,26). The van der Waals surface area contributed by atoms with Crippen molar-refractivity contribution in [3.05, 3.63) is 52.8 Å². The Kier molecular flexibility index (Phi) is 5.60. The first-order chi connectivity index (χ1) is 12.9. The van der Waals surface area contributed by atoms with Crippen molar-refractivity contribution in [2.75, 3.05) is 20.6 Å². The van der Waals surface area contributed by atoms with Crippen molar-refractivity contribution in [1.29, 1.82) is 0 Å². The lowest BCUT2D eigenvalue weighted by molar-refractivity contribution is -0.138. The molecule has 7 nitrogen and oxygen atoms in total. The van der Waals surface area contributed by atoms with E-state index in [0.717, 1.165) is 22.5 Å². The number of aryl methyl sites for hydroxylation is 1. The van der Waals surface area contributed by atoms with Crippen LogP contribution in [0.1, 0.15) is 35.5 Å². The van der Waals surface area contributed by atoms with Gasteiger partial charge < -0.3 is 10.2 Å². The number of fused-ring (bicyclic) bond motifs is 1. The fourth-order valence-corrected chi connectivity index (χ4v) is 3.51. The highest BCUT2D eigenvalue weighted by Crippen LogP contribution is 2.26. The second-order valence-corrected chi connectivity index (χ2v) is 7.24. The predicted molar refractivity (Wildman–Crippen MR) is 103 cm³/mol. The molecule has 0 saturated carbocycles. The molecule has 1 aliphatic rings. The molecule has 0 bridgehead atoms. The maximum absolute atomic E-state index is 13.3. The summed E-state index contributed by atoms with van der Waals surface area (Å²) in [5, 5.41) is 7.29. The van der Waals surface area contributed by atoms with Crippen molar-refractivity contribution in [1.82, 2.24) is 24.9 Å². The first kappa shape index (κ1) is 19.1. The normalized spacial score (nSPS) is 14.8. The monoisotopic (exact) mass is 369 g/mol. The second-order valence-electron chi connectivity index (χ2n) is 7.24. The molecule has 3 rings (SSSR count). The van der Waals surface area contributed by atoms with Crippen LogP contribution in [-0.2, 0) is 29.2 Å². The Balaban J connectivity index is 1.78. The summed E-state index contributed by atoms with van der Waals surface area (Å²) < 4.78 is 1.93. The molecule has 2 heterocycles. The van der Waals surface area contributed by atoms with E-state index in [-0.39, 0.29) is 17.9 Å². The largest absolute Gasteiger partial charge is 0.351 e. The molecular formula is C20H27N5O2. The summed E-state index contributed by atoms with van der Waals surface area (Å²) in [7, 11) is 3.88. The molecule has 0 radical (unpaired) electrons. The molecule has 0 fully saturated rings. The zero-order valence-electron chi connectivity index (χ0n) is 16.4. The minimum Gasteiger partial charge on any atom is -0.351 e. The number of carbonyl (C=O) groups is 2. The topological polar surface area (TPSA) is 70.5 Å². The molecule has 1 unspecified atom stereocenters. The summed E-state index contributed by atoms with van der Waals surface area (Å²) in [5.74, 6) is 0.0231. The number of likely N-dealkylation sites (N-methyl/N-ethyl adjacent to an activating group) is 1. The van der Waals surface area contributed by atoms with Crippen LogP contribution in [-0.4, -0.2) is 52.0 Å². The lowest BCUT2D eigenvalue weighted by Gasteiger charge is -2.34. The van der Waals surface area contributed by atoms with Crippen LogP contribution in [0.25, 0.3) is 0 Å². The zero-order valence-corrected chi connectivity index (χ0v) is 16.4. The highest BCUT2D eigenvalue weighted by Gasteiger charge is 2.31. The Morgan fingerprint density at radius 1 is 1.26 bits per heavy atom. The number of benzene rings is 1. The molecule has 1 atom stereocenters. The fourth-order valence-electron chi connectivity index (χ4n) is 3.51. The third-order valence-electron chi connectivity index (χ3n) is 4.91. The summed E-state index contributed by atoms with van der Waals surface area (Å²) in [6.07, 6.45) is 0. The van der Waals surface area contributed by atoms with Gasteiger partial charge in [-0.3, -0.25) is 19.2 Å². The van der Waals surface area contributed by atoms with E-state index in [1.807, 2.05) is 65.8 Å². The first-order valence-electron chi connectivity index (χ1n) is 9.17. The molecule has 2 aromatic rings. The number of carbonyl (C=O) groups excluding carboxylic acids is 2. The second kappa shape index (κ2) is 7.92. The van der Waals surface area contributed by atoms with Gasteiger partial charge in [0.05, 0.1) is 31.0 Å². The molecule has 7 heteroatoms. The van der Waals surface area contributed by atoms with Crippen LogP contribution in [0.2, 0.25) is 0 Å². The van der Waals surface area contributed by atoms with Crippen LogP contribution in [0.5, 0.6) is 0 Å². The predicted octanol–water partition coefficient (Wildman–Crippen LogP) is 1.47. The molecule has 0 saturated heterocycles. The van der Waals surface area contributed by atoms with E-state index in [1.165, 1.54) is 6.92 Å². The minimum absolute atomic E-state index is 0.0789. The average molecular weight is 369 g/mol. The maximum atomic E-state index is 13.3. The van der Waals surface area contributed by atoms with Crippen molar-refractivity contribution in [2.45, 2.75) is 39.5 Å². The fraction of sp³-hybridized carbons (Fsp3) is 0.450. The van der Waals surface area contributed by atoms with E-state index in [0.29, 0.717) is 26.2 Å². The van der Waals surface area contributed by atoms with Crippen LogP contribution >= 0.6 is 0 Å². The number of amides is 2. The SMILES string of the molecule is CC(=O)NCc1cc2n(n1)CCN(C(=O)C(c1ccccc1C)N(C)C)C2. The Labute approximate surface area is 159 Å². The van der Waals surface area contributed by atoms with Crippen LogP contribution in [0.3, 0.4) is 0 Å². The van der Waals surface area contributed by atoms with Gasteiger partial charge in [-0.05, 0) is 38.2 Å². The molecule has 1 aliphatic heterocycles. The Hall–Kier alpha value is -2.67. The number of aromatic nitrogens is 2. The van der Waals surface area contributed by atoms with Crippen LogP contribution in [0.15, 0.2) is 30.3 Å². The molecule has 0 spiro atoms. The molecule has 27 heavy (non-hydrogen) atoms. The van der Waals surface area contributed by atoms with Crippen molar-refractivity contribution < 1.29 is 9.59 Å². The third kappa shape index (κ3) is 4.19. The lowest BCUT2D eigenvalue weighted by Crippen LogP contribution is -2.44. The van der Waals surface area contributed by atoms with Crippen LogP contribution < -0.4 is 5.32 Å². The van der Waals surface area contributed by atoms with Crippen molar-refractivity contribution >= 4 is 11.8 Å². The number of nitrogens with one attached hydrogen (secondary N) is 1. The van der Waals surface area contributed by atoms with E-state index in [1.54, 1.807) is 0 Å². The van der Waals surface area contributed by atoms with Gasteiger partial charge in [0.25, 0.3) is 0 Å². The highest BCUT2D eigenvalue weighted by atomic mass is 16.2. The molecule has 2 amide bonds. The molecule has 0 aliphatic carbocycles. The van der Waals surface area contributed by atoms with Gasteiger partial charge in [-0.1, -0.05) is 24.3 Å². The van der Waals surface area contributed by atoms with Crippen LogP contribution in [0.4, 0.5) is 0 Å². The molecule has 1 aromatic heterocycles. The lowest BCUT2D eigenvalue weighted by atomic mass is 9.99. The number of rotatable bonds is 5. The maximum Gasteiger partial charge on any atom is 0.244 e. The molecule has 1 N–H and O–H groups in total. The number of nitrogens with zero attached hydrogens (tertiary/aromatic N) is 4. The first-order valence-corrected chi connectivity index (χ1v) is 9.17. The van der Waals surface area contributed by atoms with Gasteiger partial charge in [-0.2, -0.15) is 5.10 Å². The van der Waals surface area contributed by atoms with Crippen LogP contribution in [0, 0.1) is 6.92 Å². The van der Waals surface area contributed by atoms with Gasteiger partial charge in [-0.15, -0.1) is 0 Å². The van der Waals surface area contributed by atoms with Gasteiger partial charge >= 0.3 is 0 Å². The minimum atomic E-state index is -0.306. The summed E-state index contributed by atoms with van der Waals surface area (Å²) in [6, 6.07) is 9.70. The highest BCUT2D eigenvalue weighted by molar-refractivity contribution is 5.83. The third-order valence-corrected chi connectivity index (χ3v) is 4.91. The summed E-state index contributed by atoms with van der Waals surface area (Å²) in [5.41, 5.74) is 3.97. The van der Waals surface area contributed by atoms with Gasteiger partial charge in [0.2, 0.25) is 11.8 Å². The zero-order chi connectivity index (χ0) is 19.6. The van der Waals surface area contributed by atoms with E-state index < -0.39 is 0 Å². The molecule has 144 valence electrons. The quantitative estimate of drug-likeness (QED) is 0.867. The van der Waals surface area contributed by atoms with E-state index in [9.17, 15) is 9.59 Å². The van der Waals surface area contributed by atoms with E-state index >= 15 is 0 Å². The van der Waals surface area contributed by atoms with E-state index in [2.05, 4.69) is 10.4 Å². The Morgan fingerprint density at radius 3 is 2.67 bits per heavy atom. The Bertz CT molecular complexity index is 843. The summed E-state index contributed by atoms with van der Waals surface area (Å²) in [6.45, 7) is 5.76. The average Bonchev–Trinajstić information content (AvgIpc) is 3.03. The smallest absolute Gasteiger partial charge is 0.244 e. The summed E-state index contributed by atoms with van der Waals surface area (Å²) in [4.78, 5) is 28.3. The van der Waals surface area contributed by atoms with Gasteiger partial charge in [-0.25, -0.2) is 0 Å².